The Labute approximate surface area is 130 Å². The standard InChI is InChI=1S/C16H18NO4P/c1-20-15-9-8-13(10-14(15)17-22(2)19)16(18)21-11-12-6-4-3-5-7-12/h3-10,17,19H,11H2,1-2H3. The van der Waals surface area contributed by atoms with Crippen molar-refractivity contribution < 1.29 is 19.2 Å². The third kappa shape index (κ3) is 4.45. The van der Waals surface area contributed by atoms with E-state index in [1.54, 1.807) is 24.9 Å². The molecule has 0 fully saturated rings. The molecule has 6 heteroatoms. The summed E-state index contributed by atoms with van der Waals surface area (Å²) in [4.78, 5) is 21.6. The Kier molecular flexibility index (Phi) is 5.75. The molecular formula is C16H18NO4P. The van der Waals surface area contributed by atoms with Gasteiger partial charge in [-0.3, -0.25) is 0 Å². The van der Waals surface area contributed by atoms with Crippen LogP contribution in [0.1, 0.15) is 15.9 Å². The van der Waals surface area contributed by atoms with E-state index in [1.165, 1.54) is 7.11 Å². The molecule has 2 aromatic rings. The van der Waals surface area contributed by atoms with Crippen molar-refractivity contribution in [1.82, 2.24) is 0 Å². The fraction of sp³-hybridized carbons (Fsp3) is 0.188. The van der Waals surface area contributed by atoms with Crippen molar-refractivity contribution in [1.29, 1.82) is 0 Å². The molecule has 2 aromatic carbocycles. The molecule has 0 aliphatic heterocycles. The van der Waals surface area contributed by atoms with Gasteiger partial charge in [-0.05, 0) is 30.4 Å². The van der Waals surface area contributed by atoms with Crippen LogP contribution in [0.5, 0.6) is 5.75 Å². The zero-order chi connectivity index (χ0) is 15.9. The van der Waals surface area contributed by atoms with E-state index >= 15 is 0 Å². The van der Waals surface area contributed by atoms with Crippen LogP contribution in [0.15, 0.2) is 48.5 Å². The van der Waals surface area contributed by atoms with Crippen LogP contribution >= 0.6 is 8.30 Å². The van der Waals surface area contributed by atoms with E-state index in [-0.39, 0.29) is 6.61 Å². The number of benzene rings is 2. The van der Waals surface area contributed by atoms with Gasteiger partial charge in [-0.15, -0.1) is 0 Å². The lowest BCUT2D eigenvalue weighted by molar-refractivity contribution is 0.0472. The van der Waals surface area contributed by atoms with Crippen LogP contribution in [0, 0.1) is 0 Å². The molecular weight excluding hydrogens is 301 g/mol. The second-order valence-electron chi connectivity index (χ2n) is 4.61. The number of carbonyl (C=O) groups excluding carboxylic acids is 1. The minimum atomic E-state index is -1.36. The molecule has 1 unspecified atom stereocenters. The quantitative estimate of drug-likeness (QED) is 0.631. The molecule has 0 heterocycles. The van der Waals surface area contributed by atoms with Crippen LogP contribution < -0.4 is 9.82 Å². The number of methoxy groups -OCH3 is 1. The van der Waals surface area contributed by atoms with Crippen LogP contribution in [0.4, 0.5) is 5.69 Å². The van der Waals surface area contributed by atoms with Crippen molar-refractivity contribution in [3.63, 3.8) is 0 Å². The third-order valence-electron chi connectivity index (χ3n) is 2.93. The van der Waals surface area contributed by atoms with Crippen LogP contribution in [0.2, 0.25) is 0 Å². The van der Waals surface area contributed by atoms with Crippen LogP contribution in [-0.2, 0) is 11.3 Å². The maximum Gasteiger partial charge on any atom is 0.338 e. The molecule has 0 aliphatic carbocycles. The van der Waals surface area contributed by atoms with Gasteiger partial charge in [-0.2, -0.15) is 0 Å². The van der Waals surface area contributed by atoms with Gasteiger partial charge in [0.25, 0.3) is 0 Å². The topological polar surface area (TPSA) is 67.8 Å². The Balaban J connectivity index is 2.09. The van der Waals surface area contributed by atoms with Crippen molar-refractivity contribution >= 4 is 20.0 Å². The van der Waals surface area contributed by atoms with E-state index < -0.39 is 14.3 Å². The van der Waals surface area contributed by atoms with Gasteiger partial charge in [0.05, 0.1) is 18.4 Å². The molecule has 116 valence electrons. The third-order valence-corrected chi connectivity index (χ3v) is 3.49. The molecule has 0 aromatic heterocycles. The van der Waals surface area contributed by atoms with E-state index in [4.69, 9.17) is 9.47 Å². The van der Waals surface area contributed by atoms with Crippen LogP contribution in [0.25, 0.3) is 0 Å². The first-order valence-corrected chi connectivity index (χ1v) is 8.42. The summed E-state index contributed by atoms with van der Waals surface area (Å²) >= 11 is 0. The SMILES string of the molecule is COc1ccc(C(=O)OCc2ccccc2)cc1NP(C)O. The van der Waals surface area contributed by atoms with Gasteiger partial charge in [0, 0.05) is 0 Å². The first-order chi connectivity index (χ1) is 10.6. The lowest BCUT2D eigenvalue weighted by Gasteiger charge is -2.14. The summed E-state index contributed by atoms with van der Waals surface area (Å²) in [6, 6.07) is 14.4. The van der Waals surface area contributed by atoms with E-state index in [2.05, 4.69) is 5.09 Å². The number of hydrogen-bond acceptors (Lipinski definition) is 5. The Morgan fingerprint density at radius 1 is 1.23 bits per heavy atom. The number of carbonyl (C=O) groups is 1. The highest BCUT2D eigenvalue weighted by atomic mass is 31.2. The van der Waals surface area contributed by atoms with Gasteiger partial charge in [-0.25, -0.2) is 4.79 Å². The summed E-state index contributed by atoms with van der Waals surface area (Å²) in [5.41, 5.74) is 1.89. The number of nitrogens with one attached hydrogen (secondary N) is 1. The van der Waals surface area contributed by atoms with E-state index in [1.807, 2.05) is 30.3 Å². The van der Waals surface area contributed by atoms with Gasteiger partial charge in [-0.1, -0.05) is 30.3 Å². The Hall–Kier alpha value is -2.10. The summed E-state index contributed by atoms with van der Waals surface area (Å²) < 4.78 is 10.5. The predicted molar refractivity (Wildman–Crippen MR) is 87.2 cm³/mol. The number of hydrogen-bond donors (Lipinski definition) is 2. The molecule has 0 aliphatic rings. The second-order valence-corrected chi connectivity index (χ2v) is 5.88. The first-order valence-electron chi connectivity index (χ1n) is 6.68. The highest BCUT2D eigenvalue weighted by Gasteiger charge is 2.12. The molecule has 0 spiro atoms. The Morgan fingerprint density at radius 3 is 2.59 bits per heavy atom. The second kappa shape index (κ2) is 7.78. The predicted octanol–water partition coefficient (Wildman–Crippen LogP) is 3.40. The van der Waals surface area contributed by atoms with Crippen molar-refractivity contribution in [2.45, 2.75) is 6.61 Å². The highest BCUT2D eigenvalue weighted by Crippen LogP contribution is 2.34. The van der Waals surface area contributed by atoms with Gasteiger partial charge < -0.3 is 19.5 Å². The summed E-state index contributed by atoms with van der Waals surface area (Å²) in [5, 5.41) is 2.88. The maximum absolute atomic E-state index is 12.1. The van der Waals surface area contributed by atoms with Gasteiger partial charge in [0.15, 0.2) is 0 Å². The van der Waals surface area contributed by atoms with Crippen molar-refractivity contribution in [2.24, 2.45) is 0 Å². The fourth-order valence-electron chi connectivity index (χ4n) is 1.90. The lowest BCUT2D eigenvalue weighted by Crippen LogP contribution is -2.06. The van der Waals surface area contributed by atoms with Gasteiger partial charge >= 0.3 is 5.97 Å². The van der Waals surface area contributed by atoms with E-state index in [0.29, 0.717) is 17.0 Å². The minimum absolute atomic E-state index is 0.217. The smallest absolute Gasteiger partial charge is 0.338 e. The lowest BCUT2D eigenvalue weighted by atomic mass is 10.2. The van der Waals surface area contributed by atoms with Crippen molar-refractivity contribution in [2.75, 3.05) is 18.9 Å². The summed E-state index contributed by atoms with van der Waals surface area (Å²) in [6.45, 7) is 1.87. The monoisotopic (exact) mass is 319 g/mol. The zero-order valence-corrected chi connectivity index (χ0v) is 13.3. The minimum Gasteiger partial charge on any atom is -0.495 e. The maximum atomic E-state index is 12.1. The molecule has 1 atom stereocenters. The largest absolute Gasteiger partial charge is 0.495 e. The van der Waals surface area contributed by atoms with E-state index in [0.717, 1.165) is 5.56 Å². The number of esters is 1. The number of anilines is 1. The van der Waals surface area contributed by atoms with Crippen LogP contribution in [0.3, 0.4) is 0 Å². The molecule has 0 saturated carbocycles. The zero-order valence-electron chi connectivity index (χ0n) is 12.4. The molecule has 5 nitrogen and oxygen atoms in total. The first kappa shape index (κ1) is 16.3. The average Bonchev–Trinajstić information content (AvgIpc) is 2.53. The van der Waals surface area contributed by atoms with Gasteiger partial charge in [0.1, 0.15) is 20.7 Å². The highest BCUT2D eigenvalue weighted by molar-refractivity contribution is 7.52. The summed E-state index contributed by atoms with van der Waals surface area (Å²) in [6.07, 6.45) is 0. The summed E-state index contributed by atoms with van der Waals surface area (Å²) in [5.74, 6) is 0.135. The number of ether oxygens (including phenoxy) is 2. The fourth-order valence-corrected chi connectivity index (χ4v) is 2.43. The summed E-state index contributed by atoms with van der Waals surface area (Å²) in [7, 11) is 0.174. The molecule has 0 amide bonds. The molecule has 2 N–H and O–H groups in total. The van der Waals surface area contributed by atoms with Crippen molar-refractivity contribution in [3.8, 4) is 5.75 Å². The number of rotatable bonds is 6. The Bertz CT molecular complexity index is 631. The Morgan fingerprint density at radius 2 is 1.95 bits per heavy atom. The molecule has 0 saturated heterocycles. The van der Waals surface area contributed by atoms with Gasteiger partial charge in [0.2, 0.25) is 0 Å². The molecule has 0 bridgehead atoms. The normalized spacial score (nSPS) is 11.6. The molecule has 2 rings (SSSR count). The van der Waals surface area contributed by atoms with E-state index in [9.17, 15) is 9.69 Å². The molecule has 22 heavy (non-hydrogen) atoms. The molecule has 0 radical (unpaired) electrons. The average molecular weight is 319 g/mol. The van der Waals surface area contributed by atoms with Crippen molar-refractivity contribution in [3.05, 3.63) is 59.7 Å². The van der Waals surface area contributed by atoms with Crippen LogP contribution in [-0.4, -0.2) is 24.6 Å².